The van der Waals surface area contributed by atoms with Gasteiger partial charge in [-0.15, -0.1) is 6.42 Å². The summed E-state index contributed by atoms with van der Waals surface area (Å²) in [5.74, 6) is 1.28. The van der Waals surface area contributed by atoms with Crippen LogP contribution in [0, 0.1) is 12.3 Å². The maximum absolute atomic E-state index is 10.8. The van der Waals surface area contributed by atoms with Gasteiger partial charge in [-0.25, -0.2) is 4.79 Å². The second kappa shape index (κ2) is 6.92. The summed E-state index contributed by atoms with van der Waals surface area (Å²) >= 11 is 0. The fourth-order valence-electron chi connectivity index (χ4n) is 0.531. The van der Waals surface area contributed by atoms with Gasteiger partial charge in [0.1, 0.15) is 0 Å². The van der Waals surface area contributed by atoms with Crippen molar-refractivity contribution in [2.45, 2.75) is 6.92 Å². The molecule has 0 heterocycles. The third-order valence-electron chi connectivity index (χ3n) is 1.02. The summed E-state index contributed by atoms with van der Waals surface area (Å²) < 4.78 is 4.55. The molecule has 70 valence electrons. The third kappa shape index (κ3) is 6.63. The highest BCUT2D eigenvalue weighted by Crippen LogP contribution is 1.80. The molecule has 13 heavy (non-hydrogen) atoms. The van der Waals surface area contributed by atoms with Crippen LogP contribution in [0.15, 0.2) is 12.2 Å². The van der Waals surface area contributed by atoms with Crippen molar-refractivity contribution in [2.75, 3.05) is 13.2 Å². The molecule has 0 atom stereocenters. The van der Waals surface area contributed by atoms with Crippen LogP contribution in [0.5, 0.6) is 0 Å². The number of terminal acetylenes is 1. The molecule has 0 unspecified atom stereocenters. The first-order chi connectivity index (χ1) is 6.20. The first-order valence-corrected chi connectivity index (χ1v) is 3.76. The molecule has 0 aliphatic heterocycles. The van der Waals surface area contributed by atoms with Crippen molar-refractivity contribution in [3.05, 3.63) is 12.2 Å². The van der Waals surface area contributed by atoms with Gasteiger partial charge in [-0.1, -0.05) is 5.92 Å². The minimum Gasteiger partial charge on any atom is -0.463 e. The molecule has 0 aromatic heterocycles. The van der Waals surface area contributed by atoms with Crippen molar-refractivity contribution in [1.82, 2.24) is 5.32 Å². The van der Waals surface area contributed by atoms with Crippen molar-refractivity contribution < 1.29 is 14.3 Å². The summed E-state index contributed by atoms with van der Waals surface area (Å²) in [6, 6.07) is 0. The number of carbonyl (C=O) groups is 2. The van der Waals surface area contributed by atoms with Crippen LogP contribution in [0.1, 0.15) is 6.92 Å². The van der Waals surface area contributed by atoms with E-state index in [0.29, 0.717) is 0 Å². The first kappa shape index (κ1) is 11.2. The second-order valence-corrected chi connectivity index (χ2v) is 2.01. The van der Waals surface area contributed by atoms with Crippen molar-refractivity contribution >= 4 is 11.9 Å². The number of hydrogen-bond acceptors (Lipinski definition) is 3. The Morgan fingerprint density at radius 2 is 2.23 bits per heavy atom. The molecule has 0 saturated carbocycles. The minimum atomic E-state index is -0.543. The number of hydrogen-bond donors (Lipinski definition) is 1. The van der Waals surface area contributed by atoms with E-state index in [9.17, 15) is 9.59 Å². The van der Waals surface area contributed by atoms with Crippen molar-refractivity contribution in [3.8, 4) is 12.3 Å². The van der Waals surface area contributed by atoms with Gasteiger partial charge in [0.15, 0.2) is 0 Å². The average molecular weight is 181 g/mol. The summed E-state index contributed by atoms with van der Waals surface area (Å²) in [7, 11) is 0. The summed E-state index contributed by atoms with van der Waals surface area (Å²) in [6.07, 6.45) is 7.03. The number of carbonyl (C=O) groups excluding carboxylic acids is 2. The molecule has 0 aliphatic rings. The highest BCUT2D eigenvalue weighted by Gasteiger charge is 1.96. The second-order valence-electron chi connectivity index (χ2n) is 2.01. The summed E-state index contributed by atoms with van der Waals surface area (Å²) in [6.45, 7) is 2.12. The van der Waals surface area contributed by atoms with Gasteiger partial charge >= 0.3 is 5.97 Å². The third-order valence-corrected chi connectivity index (χ3v) is 1.02. The first-order valence-electron chi connectivity index (χ1n) is 3.76. The van der Waals surface area contributed by atoms with Gasteiger partial charge in [0.25, 0.3) is 0 Å². The van der Waals surface area contributed by atoms with E-state index in [1.54, 1.807) is 6.92 Å². The van der Waals surface area contributed by atoms with Crippen LogP contribution in [0.25, 0.3) is 0 Å². The predicted octanol–water partition coefficient (Wildman–Crippen LogP) is -0.145. The summed E-state index contributed by atoms with van der Waals surface area (Å²) in [5.41, 5.74) is 0. The molecule has 1 N–H and O–H groups in total. The standard InChI is InChI=1S/C9H11NO3/c1-3-7-10-8(11)5-6-9(12)13-4-2/h1,5-6H,4,7H2,2H3,(H,10,11)/b6-5+. The van der Waals surface area contributed by atoms with Gasteiger partial charge < -0.3 is 10.1 Å². The lowest BCUT2D eigenvalue weighted by Gasteiger charge is -1.95. The molecule has 0 spiro atoms. The summed E-state index contributed by atoms with van der Waals surface area (Å²) in [5, 5.41) is 2.36. The van der Waals surface area contributed by atoms with Crippen LogP contribution in [0.2, 0.25) is 0 Å². The molecular formula is C9H11NO3. The monoisotopic (exact) mass is 181 g/mol. The highest BCUT2D eigenvalue weighted by atomic mass is 16.5. The Morgan fingerprint density at radius 1 is 1.54 bits per heavy atom. The number of esters is 1. The van der Waals surface area contributed by atoms with Crippen molar-refractivity contribution in [1.29, 1.82) is 0 Å². The van der Waals surface area contributed by atoms with Crippen LogP contribution >= 0.6 is 0 Å². The Bertz CT molecular complexity index is 250. The lowest BCUT2D eigenvalue weighted by atomic mass is 10.4. The van der Waals surface area contributed by atoms with E-state index in [4.69, 9.17) is 6.42 Å². The molecule has 0 aromatic carbocycles. The van der Waals surface area contributed by atoms with Gasteiger partial charge in [-0.05, 0) is 6.92 Å². The van der Waals surface area contributed by atoms with Crippen LogP contribution in [-0.4, -0.2) is 25.0 Å². The van der Waals surface area contributed by atoms with E-state index >= 15 is 0 Å². The van der Waals surface area contributed by atoms with Crippen molar-refractivity contribution in [3.63, 3.8) is 0 Å². The van der Waals surface area contributed by atoms with Gasteiger partial charge in [0, 0.05) is 12.2 Å². The SMILES string of the molecule is C#CCNC(=O)/C=C/C(=O)OCC. The smallest absolute Gasteiger partial charge is 0.330 e. The topological polar surface area (TPSA) is 55.4 Å². The van der Waals surface area contributed by atoms with Crippen molar-refractivity contribution in [2.24, 2.45) is 0 Å². The van der Waals surface area contributed by atoms with Gasteiger partial charge in [-0.3, -0.25) is 4.79 Å². The van der Waals surface area contributed by atoms with Crippen LogP contribution in [0.3, 0.4) is 0 Å². The van der Waals surface area contributed by atoms with E-state index in [0.717, 1.165) is 12.2 Å². The molecule has 0 bridgehead atoms. The molecule has 0 rings (SSSR count). The van der Waals surface area contributed by atoms with Gasteiger partial charge in [-0.2, -0.15) is 0 Å². The number of ether oxygens (including phenoxy) is 1. The number of rotatable bonds is 4. The minimum absolute atomic E-state index is 0.145. The van der Waals surface area contributed by atoms with E-state index in [2.05, 4.69) is 16.0 Å². The molecule has 0 aromatic rings. The van der Waals surface area contributed by atoms with E-state index in [-0.39, 0.29) is 13.2 Å². The Balaban J connectivity index is 3.77. The number of amides is 1. The Morgan fingerprint density at radius 3 is 2.77 bits per heavy atom. The fraction of sp³-hybridized carbons (Fsp3) is 0.333. The normalized spacial score (nSPS) is 9.23. The Hall–Kier alpha value is -1.76. The molecule has 4 heteroatoms. The largest absolute Gasteiger partial charge is 0.463 e. The van der Waals surface area contributed by atoms with Crippen LogP contribution < -0.4 is 5.32 Å². The maximum Gasteiger partial charge on any atom is 0.330 e. The molecule has 0 fully saturated rings. The Labute approximate surface area is 77.0 Å². The fourth-order valence-corrected chi connectivity index (χ4v) is 0.531. The van der Waals surface area contributed by atoms with Gasteiger partial charge in [0.2, 0.25) is 5.91 Å². The lowest BCUT2D eigenvalue weighted by Crippen LogP contribution is -2.21. The zero-order chi connectivity index (χ0) is 10.1. The van der Waals surface area contributed by atoms with Gasteiger partial charge in [0.05, 0.1) is 13.2 Å². The van der Waals surface area contributed by atoms with E-state index < -0.39 is 11.9 Å². The van der Waals surface area contributed by atoms with Crippen LogP contribution in [0.4, 0.5) is 0 Å². The lowest BCUT2D eigenvalue weighted by molar-refractivity contribution is -0.137. The van der Waals surface area contributed by atoms with E-state index in [1.165, 1.54) is 0 Å². The summed E-state index contributed by atoms with van der Waals surface area (Å²) in [4.78, 5) is 21.5. The number of nitrogens with one attached hydrogen (secondary N) is 1. The molecular weight excluding hydrogens is 170 g/mol. The molecule has 0 aliphatic carbocycles. The zero-order valence-electron chi connectivity index (χ0n) is 7.37. The van der Waals surface area contributed by atoms with E-state index in [1.807, 2.05) is 0 Å². The molecule has 4 nitrogen and oxygen atoms in total. The molecule has 1 amide bonds. The maximum atomic E-state index is 10.8. The zero-order valence-corrected chi connectivity index (χ0v) is 7.37. The van der Waals surface area contributed by atoms with Crippen LogP contribution in [-0.2, 0) is 14.3 Å². The molecule has 0 radical (unpaired) electrons. The average Bonchev–Trinajstić information content (AvgIpc) is 2.12. The molecule has 0 saturated heterocycles. The predicted molar refractivity (Wildman–Crippen MR) is 47.6 cm³/mol. The highest BCUT2D eigenvalue weighted by molar-refractivity contribution is 5.94. The quantitative estimate of drug-likeness (QED) is 0.373. The Kier molecular flexibility index (Phi) is 5.98.